The summed E-state index contributed by atoms with van der Waals surface area (Å²) in [7, 11) is 0. The summed E-state index contributed by atoms with van der Waals surface area (Å²) in [5.41, 5.74) is 0.00232. The number of esters is 1. The van der Waals surface area contributed by atoms with Crippen LogP contribution in [0.15, 0.2) is 30.3 Å². The number of nitrogens with zero attached hydrogens (tertiary/aromatic N) is 1. The minimum atomic E-state index is -0.889. The first-order chi connectivity index (χ1) is 9.51. The van der Waals surface area contributed by atoms with E-state index in [1.165, 1.54) is 6.92 Å². The molecule has 0 radical (unpaired) electrons. The summed E-state index contributed by atoms with van der Waals surface area (Å²) in [6.07, 6.45) is 0. The molecule has 0 saturated heterocycles. The number of benzene rings is 1. The fourth-order valence-corrected chi connectivity index (χ4v) is 1.97. The monoisotopic (exact) mass is 273 g/mol. The quantitative estimate of drug-likeness (QED) is 0.610. The van der Waals surface area contributed by atoms with E-state index >= 15 is 0 Å². The van der Waals surface area contributed by atoms with Crippen LogP contribution >= 0.6 is 0 Å². The molecule has 0 saturated carbocycles. The molecule has 0 amide bonds. The molecule has 0 unspecified atom stereocenters. The average molecular weight is 273 g/mol. The van der Waals surface area contributed by atoms with E-state index in [-0.39, 0.29) is 5.97 Å². The highest BCUT2D eigenvalue weighted by atomic mass is 16.6. The number of ether oxygens (including phenoxy) is 1. The molecular weight excluding hydrogens is 250 g/mol. The van der Waals surface area contributed by atoms with Crippen LogP contribution in [-0.4, -0.2) is 30.5 Å². The molecule has 0 fully saturated rings. The SMILES string of the molecule is CCN(CC)CC#C[C@](C)(OC(C)=O)c1ccccc1. The van der Waals surface area contributed by atoms with Gasteiger partial charge in [0.05, 0.1) is 6.54 Å². The van der Waals surface area contributed by atoms with E-state index in [0.717, 1.165) is 18.7 Å². The van der Waals surface area contributed by atoms with Gasteiger partial charge in [0.2, 0.25) is 0 Å². The molecule has 1 aromatic carbocycles. The summed E-state index contributed by atoms with van der Waals surface area (Å²) in [6, 6.07) is 9.62. The Morgan fingerprint density at radius 3 is 2.35 bits per heavy atom. The van der Waals surface area contributed by atoms with Crippen LogP contribution in [0.25, 0.3) is 0 Å². The van der Waals surface area contributed by atoms with Crippen molar-refractivity contribution in [1.29, 1.82) is 0 Å². The Morgan fingerprint density at radius 1 is 1.25 bits per heavy atom. The van der Waals surface area contributed by atoms with Crippen LogP contribution in [0, 0.1) is 11.8 Å². The van der Waals surface area contributed by atoms with E-state index in [0.29, 0.717) is 6.54 Å². The van der Waals surface area contributed by atoms with Gasteiger partial charge in [-0.1, -0.05) is 50.1 Å². The van der Waals surface area contributed by atoms with E-state index in [4.69, 9.17) is 4.74 Å². The lowest BCUT2D eigenvalue weighted by atomic mass is 9.96. The van der Waals surface area contributed by atoms with Crippen LogP contribution in [0.5, 0.6) is 0 Å². The first-order valence-corrected chi connectivity index (χ1v) is 6.99. The summed E-state index contributed by atoms with van der Waals surface area (Å²) in [4.78, 5) is 13.6. The lowest BCUT2D eigenvalue weighted by Gasteiger charge is -2.24. The normalized spacial score (nSPS) is 13.2. The second kappa shape index (κ2) is 7.72. The van der Waals surface area contributed by atoms with Crippen molar-refractivity contribution in [1.82, 2.24) is 4.90 Å². The summed E-state index contributed by atoms with van der Waals surface area (Å²) < 4.78 is 5.44. The molecule has 0 N–H and O–H groups in total. The highest BCUT2D eigenvalue weighted by molar-refractivity contribution is 5.67. The van der Waals surface area contributed by atoms with E-state index in [1.54, 1.807) is 0 Å². The first kappa shape index (κ1) is 16.3. The molecule has 0 aromatic heterocycles. The van der Waals surface area contributed by atoms with Crippen molar-refractivity contribution in [3.05, 3.63) is 35.9 Å². The van der Waals surface area contributed by atoms with Gasteiger partial charge in [0, 0.05) is 12.5 Å². The third-order valence-corrected chi connectivity index (χ3v) is 3.20. The topological polar surface area (TPSA) is 29.5 Å². The van der Waals surface area contributed by atoms with Crippen molar-refractivity contribution in [2.45, 2.75) is 33.3 Å². The maximum absolute atomic E-state index is 11.3. The molecule has 1 atom stereocenters. The minimum absolute atomic E-state index is 0.325. The maximum atomic E-state index is 11.3. The Labute approximate surface area is 121 Å². The fraction of sp³-hybridized carbons (Fsp3) is 0.471. The van der Waals surface area contributed by atoms with Crippen LogP contribution in [0.1, 0.15) is 33.3 Å². The predicted molar refractivity (Wildman–Crippen MR) is 81.1 cm³/mol. The van der Waals surface area contributed by atoms with Gasteiger partial charge >= 0.3 is 5.97 Å². The largest absolute Gasteiger partial charge is 0.442 e. The number of rotatable bonds is 5. The molecule has 1 aromatic rings. The zero-order valence-corrected chi connectivity index (χ0v) is 12.8. The van der Waals surface area contributed by atoms with Crippen LogP contribution in [0.2, 0.25) is 0 Å². The molecule has 0 heterocycles. The van der Waals surface area contributed by atoms with Crippen LogP contribution < -0.4 is 0 Å². The van der Waals surface area contributed by atoms with E-state index < -0.39 is 5.60 Å². The van der Waals surface area contributed by atoms with Gasteiger partial charge in [0.1, 0.15) is 0 Å². The molecule has 3 heteroatoms. The second-order valence-electron chi connectivity index (χ2n) is 4.76. The highest BCUT2D eigenvalue weighted by Gasteiger charge is 2.27. The summed E-state index contributed by atoms with van der Waals surface area (Å²) in [5.74, 6) is 5.91. The summed E-state index contributed by atoms with van der Waals surface area (Å²) >= 11 is 0. The molecule has 3 nitrogen and oxygen atoms in total. The van der Waals surface area contributed by atoms with E-state index in [1.807, 2.05) is 37.3 Å². The zero-order valence-electron chi connectivity index (χ0n) is 12.8. The van der Waals surface area contributed by atoms with Crippen molar-refractivity contribution in [3.8, 4) is 11.8 Å². The summed E-state index contributed by atoms with van der Waals surface area (Å²) in [6.45, 7) is 10.0. The molecule has 108 valence electrons. The van der Waals surface area contributed by atoms with Crippen molar-refractivity contribution in [3.63, 3.8) is 0 Å². The number of hydrogen-bond acceptors (Lipinski definition) is 3. The Bertz CT molecular complexity index is 483. The van der Waals surface area contributed by atoms with Gasteiger partial charge in [-0.2, -0.15) is 0 Å². The van der Waals surface area contributed by atoms with E-state index in [9.17, 15) is 4.79 Å². The Balaban J connectivity index is 2.96. The summed E-state index contributed by atoms with van der Waals surface area (Å²) in [5, 5.41) is 0. The van der Waals surface area contributed by atoms with Crippen molar-refractivity contribution in [2.75, 3.05) is 19.6 Å². The van der Waals surface area contributed by atoms with Crippen LogP contribution in [0.4, 0.5) is 0 Å². The van der Waals surface area contributed by atoms with E-state index in [2.05, 4.69) is 30.6 Å². The van der Waals surface area contributed by atoms with Gasteiger partial charge in [-0.3, -0.25) is 9.69 Å². The Morgan fingerprint density at radius 2 is 1.85 bits per heavy atom. The second-order valence-corrected chi connectivity index (χ2v) is 4.76. The fourth-order valence-electron chi connectivity index (χ4n) is 1.97. The van der Waals surface area contributed by atoms with Crippen LogP contribution in [-0.2, 0) is 15.1 Å². The lowest BCUT2D eigenvalue weighted by Crippen LogP contribution is -2.27. The number of carbonyl (C=O) groups is 1. The molecule has 0 aliphatic heterocycles. The molecule has 0 aliphatic carbocycles. The third-order valence-electron chi connectivity index (χ3n) is 3.20. The first-order valence-electron chi connectivity index (χ1n) is 6.99. The Kier molecular flexibility index (Phi) is 6.27. The predicted octanol–water partition coefficient (Wildman–Crippen LogP) is 2.81. The van der Waals surface area contributed by atoms with Gasteiger partial charge in [-0.15, -0.1) is 0 Å². The standard InChI is InChI=1S/C17H23NO2/c1-5-18(6-2)14-10-13-17(4,20-15(3)19)16-11-8-7-9-12-16/h7-9,11-12H,5-6,14H2,1-4H3/t17-/m0/s1. The minimum Gasteiger partial charge on any atom is -0.442 e. The number of hydrogen-bond donors (Lipinski definition) is 0. The number of carbonyl (C=O) groups excluding carboxylic acids is 1. The molecule has 1 rings (SSSR count). The average Bonchev–Trinajstić information content (AvgIpc) is 2.44. The van der Waals surface area contributed by atoms with Crippen molar-refractivity contribution >= 4 is 5.97 Å². The molecule has 0 bridgehead atoms. The molecule has 20 heavy (non-hydrogen) atoms. The Hall–Kier alpha value is -1.79. The maximum Gasteiger partial charge on any atom is 0.304 e. The highest BCUT2D eigenvalue weighted by Crippen LogP contribution is 2.24. The smallest absolute Gasteiger partial charge is 0.304 e. The molecule has 0 spiro atoms. The van der Waals surface area contributed by atoms with Crippen LogP contribution in [0.3, 0.4) is 0 Å². The van der Waals surface area contributed by atoms with Gasteiger partial charge < -0.3 is 4.74 Å². The van der Waals surface area contributed by atoms with Gasteiger partial charge in [0.25, 0.3) is 0 Å². The van der Waals surface area contributed by atoms with Crippen molar-refractivity contribution < 1.29 is 9.53 Å². The molecule has 0 aliphatic rings. The zero-order chi connectivity index (χ0) is 15.0. The van der Waals surface area contributed by atoms with Gasteiger partial charge in [0.15, 0.2) is 5.60 Å². The van der Waals surface area contributed by atoms with Crippen molar-refractivity contribution in [2.24, 2.45) is 0 Å². The third kappa shape index (κ3) is 4.71. The lowest BCUT2D eigenvalue weighted by molar-refractivity contribution is -0.151. The van der Waals surface area contributed by atoms with Gasteiger partial charge in [-0.05, 0) is 25.9 Å². The van der Waals surface area contributed by atoms with Gasteiger partial charge in [-0.25, -0.2) is 0 Å². The molecular formula is C17H23NO2.